The molecule has 1 aromatic carbocycles. The van der Waals surface area contributed by atoms with Gasteiger partial charge in [0.2, 0.25) is 0 Å². The Morgan fingerprint density at radius 1 is 1.31 bits per heavy atom. The third-order valence-electron chi connectivity index (χ3n) is 2.25. The highest BCUT2D eigenvalue weighted by molar-refractivity contribution is 7.80. The van der Waals surface area contributed by atoms with Crippen LogP contribution < -0.4 is 5.73 Å². The first-order valence-electron chi connectivity index (χ1n) is 4.69. The maximum atomic E-state index is 13.4. The predicted molar refractivity (Wildman–Crippen MR) is 60.2 cm³/mol. The largest absolute Gasteiger partial charge is 0.398 e. The van der Waals surface area contributed by atoms with E-state index < -0.39 is 29.4 Å². The van der Waals surface area contributed by atoms with Crippen molar-refractivity contribution >= 4 is 18.3 Å². The van der Waals surface area contributed by atoms with E-state index in [-0.39, 0.29) is 12.1 Å². The zero-order valence-electron chi connectivity index (χ0n) is 8.40. The topological polar surface area (TPSA) is 66.5 Å². The van der Waals surface area contributed by atoms with Gasteiger partial charge >= 0.3 is 0 Å². The lowest BCUT2D eigenvalue weighted by Crippen LogP contribution is -2.21. The first kappa shape index (κ1) is 13.2. The first-order valence-corrected chi connectivity index (χ1v) is 5.32. The number of nitrogens with two attached hydrogens (primary N) is 1. The van der Waals surface area contributed by atoms with Crippen LogP contribution in [0.3, 0.4) is 0 Å². The molecule has 0 saturated carbocycles. The SMILES string of the molecule is Nc1ccc(F)c(F)c1C(O)C(O)CCS. The monoisotopic (exact) mass is 249 g/mol. The molecule has 16 heavy (non-hydrogen) atoms. The van der Waals surface area contributed by atoms with Crippen molar-refractivity contribution in [1.82, 2.24) is 0 Å². The van der Waals surface area contributed by atoms with Crippen molar-refractivity contribution < 1.29 is 19.0 Å². The van der Waals surface area contributed by atoms with Gasteiger partial charge in [0, 0.05) is 11.3 Å². The lowest BCUT2D eigenvalue weighted by Gasteiger charge is -2.19. The Labute approximate surface area is 97.3 Å². The van der Waals surface area contributed by atoms with Crippen LogP contribution in [-0.4, -0.2) is 22.1 Å². The lowest BCUT2D eigenvalue weighted by atomic mass is 10.00. The van der Waals surface area contributed by atoms with Gasteiger partial charge in [0.25, 0.3) is 0 Å². The van der Waals surface area contributed by atoms with Crippen molar-refractivity contribution in [2.75, 3.05) is 11.5 Å². The maximum Gasteiger partial charge on any atom is 0.166 e. The summed E-state index contributed by atoms with van der Waals surface area (Å²) < 4.78 is 26.3. The minimum Gasteiger partial charge on any atom is -0.398 e. The van der Waals surface area contributed by atoms with Crippen LogP contribution in [0.25, 0.3) is 0 Å². The first-order chi connectivity index (χ1) is 7.49. The van der Waals surface area contributed by atoms with E-state index in [1.165, 1.54) is 0 Å². The number of aliphatic hydroxyl groups is 2. The van der Waals surface area contributed by atoms with Crippen LogP contribution in [0.15, 0.2) is 12.1 Å². The number of hydrogen-bond acceptors (Lipinski definition) is 4. The summed E-state index contributed by atoms with van der Waals surface area (Å²) in [5.74, 6) is -2.03. The predicted octanol–water partition coefficient (Wildman–Crippen LogP) is 1.26. The van der Waals surface area contributed by atoms with E-state index in [9.17, 15) is 19.0 Å². The van der Waals surface area contributed by atoms with Crippen LogP contribution in [0.2, 0.25) is 0 Å². The molecule has 1 rings (SSSR count). The van der Waals surface area contributed by atoms with Gasteiger partial charge in [-0.1, -0.05) is 0 Å². The molecule has 3 nitrogen and oxygen atoms in total. The molecular formula is C10H13F2NO2S. The minimum atomic E-state index is -1.55. The van der Waals surface area contributed by atoms with E-state index in [1.54, 1.807) is 0 Å². The minimum absolute atomic E-state index is 0.0929. The van der Waals surface area contributed by atoms with Gasteiger partial charge in [0.1, 0.15) is 6.10 Å². The second-order valence-corrected chi connectivity index (χ2v) is 3.84. The molecule has 0 bridgehead atoms. The van der Waals surface area contributed by atoms with Gasteiger partial charge in [-0.25, -0.2) is 8.78 Å². The Morgan fingerprint density at radius 2 is 1.94 bits per heavy atom. The molecule has 0 aliphatic rings. The Bertz CT molecular complexity index is 376. The Hall–Kier alpha value is -0.850. The number of aliphatic hydroxyl groups excluding tert-OH is 2. The highest BCUT2D eigenvalue weighted by atomic mass is 32.1. The Morgan fingerprint density at radius 3 is 2.50 bits per heavy atom. The van der Waals surface area contributed by atoms with Crippen LogP contribution >= 0.6 is 12.6 Å². The molecule has 2 atom stereocenters. The third kappa shape index (κ3) is 2.63. The molecule has 0 radical (unpaired) electrons. The number of thiol groups is 1. The summed E-state index contributed by atoms with van der Waals surface area (Å²) in [5.41, 5.74) is 4.93. The highest BCUT2D eigenvalue weighted by Crippen LogP contribution is 2.28. The summed E-state index contributed by atoms with van der Waals surface area (Å²) in [6, 6.07) is 2.01. The van der Waals surface area contributed by atoms with Gasteiger partial charge in [-0.2, -0.15) is 12.6 Å². The molecule has 0 saturated heterocycles. The van der Waals surface area contributed by atoms with E-state index in [4.69, 9.17) is 5.73 Å². The summed E-state index contributed by atoms with van der Waals surface area (Å²) in [5, 5.41) is 19.1. The molecule has 2 unspecified atom stereocenters. The van der Waals surface area contributed by atoms with Crippen molar-refractivity contribution in [2.24, 2.45) is 0 Å². The number of benzene rings is 1. The Kier molecular flexibility index (Phi) is 4.52. The standard InChI is InChI=1S/C10H13F2NO2S/c11-5-1-2-6(13)8(9(5)12)10(15)7(14)3-4-16/h1-2,7,10,14-16H,3-4,13H2. The molecule has 0 fully saturated rings. The lowest BCUT2D eigenvalue weighted by molar-refractivity contribution is 0.0153. The van der Waals surface area contributed by atoms with Gasteiger partial charge in [-0.15, -0.1) is 0 Å². The molecule has 4 N–H and O–H groups in total. The third-order valence-corrected chi connectivity index (χ3v) is 2.51. The molecule has 6 heteroatoms. The molecule has 0 aromatic heterocycles. The summed E-state index contributed by atoms with van der Waals surface area (Å²) in [6.07, 6.45) is -2.63. The zero-order valence-corrected chi connectivity index (χ0v) is 9.29. The van der Waals surface area contributed by atoms with Crippen molar-refractivity contribution in [3.05, 3.63) is 29.3 Å². The molecule has 1 aromatic rings. The van der Waals surface area contributed by atoms with Crippen LogP contribution in [0.4, 0.5) is 14.5 Å². The van der Waals surface area contributed by atoms with Crippen LogP contribution in [0.1, 0.15) is 18.1 Å². The molecule has 90 valence electrons. The normalized spacial score (nSPS) is 14.8. The van der Waals surface area contributed by atoms with E-state index in [2.05, 4.69) is 12.6 Å². The number of rotatable bonds is 4. The molecule has 0 spiro atoms. The van der Waals surface area contributed by atoms with E-state index in [1.807, 2.05) is 0 Å². The smallest absolute Gasteiger partial charge is 0.166 e. The van der Waals surface area contributed by atoms with Crippen LogP contribution in [0.5, 0.6) is 0 Å². The van der Waals surface area contributed by atoms with Gasteiger partial charge in [-0.3, -0.25) is 0 Å². The summed E-state index contributed by atoms with van der Waals surface area (Å²) in [7, 11) is 0. The molecule has 0 aliphatic heterocycles. The van der Waals surface area contributed by atoms with Crippen molar-refractivity contribution in [3.63, 3.8) is 0 Å². The average molecular weight is 249 g/mol. The molecule has 0 aliphatic carbocycles. The van der Waals surface area contributed by atoms with Crippen molar-refractivity contribution in [3.8, 4) is 0 Å². The van der Waals surface area contributed by atoms with Crippen molar-refractivity contribution in [1.29, 1.82) is 0 Å². The van der Waals surface area contributed by atoms with E-state index in [0.29, 0.717) is 5.75 Å². The fourth-order valence-electron chi connectivity index (χ4n) is 1.36. The van der Waals surface area contributed by atoms with Crippen molar-refractivity contribution in [2.45, 2.75) is 18.6 Å². The average Bonchev–Trinajstić information content (AvgIpc) is 2.24. The van der Waals surface area contributed by atoms with Crippen LogP contribution in [-0.2, 0) is 0 Å². The van der Waals surface area contributed by atoms with Gasteiger partial charge in [0.05, 0.1) is 6.10 Å². The molecule has 0 heterocycles. The summed E-state index contributed by atoms with van der Waals surface area (Å²) in [6.45, 7) is 0. The number of hydrogen-bond donors (Lipinski definition) is 4. The second-order valence-electron chi connectivity index (χ2n) is 3.39. The van der Waals surface area contributed by atoms with Gasteiger partial charge in [-0.05, 0) is 24.3 Å². The quantitative estimate of drug-likeness (QED) is 0.480. The van der Waals surface area contributed by atoms with E-state index in [0.717, 1.165) is 12.1 Å². The zero-order chi connectivity index (χ0) is 12.3. The molecular weight excluding hydrogens is 236 g/mol. The second kappa shape index (κ2) is 5.47. The fraction of sp³-hybridized carbons (Fsp3) is 0.400. The fourth-order valence-corrected chi connectivity index (χ4v) is 1.63. The summed E-state index contributed by atoms with van der Waals surface area (Å²) in [4.78, 5) is 0. The summed E-state index contributed by atoms with van der Waals surface area (Å²) >= 11 is 3.87. The van der Waals surface area contributed by atoms with Crippen LogP contribution in [0, 0.1) is 11.6 Å². The Balaban J connectivity index is 3.07. The maximum absolute atomic E-state index is 13.4. The van der Waals surface area contributed by atoms with Gasteiger partial charge in [0.15, 0.2) is 11.6 Å². The molecule has 0 amide bonds. The highest BCUT2D eigenvalue weighted by Gasteiger charge is 2.25. The number of halogens is 2. The van der Waals surface area contributed by atoms with E-state index >= 15 is 0 Å². The number of anilines is 1. The van der Waals surface area contributed by atoms with Gasteiger partial charge < -0.3 is 15.9 Å². The number of nitrogen functional groups attached to an aromatic ring is 1.